The fourth-order valence-corrected chi connectivity index (χ4v) is 4.08. The van der Waals surface area contributed by atoms with E-state index in [0.717, 1.165) is 24.1 Å². The highest BCUT2D eigenvalue weighted by molar-refractivity contribution is 5.97. The summed E-state index contributed by atoms with van der Waals surface area (Å²) in [4.78, 5) is 26.4. The van der Waals surface area contributed by atoms with Crippen molar-refractivity contribution in [1.82, 2.24) is 4.57 Å². The minimum absolute atomic E-state index is 0.0752. The van der Waals surface area contributed by atoms with Crippen LogP contribution in [0.5, 0.6) is 5.75 Å². The summed E-state index contributed by atoms with van der Waals surface area (Å²) in [5.41, 5.74) is 6.87. The third-order valence-corrected chi connectivity index (χ3v) is 5.77. The quantitative estimate of drug-likeness (QED) is 0.800. The SMILES string of the molecule is COc1c(N2CCC(=C(F)CN)CC2)ccc2c(=O)c(C(=O)O)cn(C3CC3)c12. The lowest BCUT2D eigenvalue weighted by molar-refractivity contribution is 0.0695. The van der Waals surface area contributed by atoms with E-state index in [9.17, 15) is 19.1 Å². The van der Waals surface area contributed by atoms with Gasteiger partial charge in [-0.1, -0.05) is 0 Å². The lowest BCUT2D eigenvalue weighted by Gasteiger charge is -2.32. The summed E-state index contributed by atoms with van der Waals surface area (Å²) < 4.78 is 21.4. The van der Waals surface area contributed by atoms with Gasteiger partial charge in [0, 0.05) is 31.9 Å². The summed E-state index contributed by atoms with van der Waals surface area (Å²) in [6.07, 6.45) is 4.46. The molecule has 2 aromatic rings. The smallest absolute Gasteiger partial charge is 0.341 e. The summed E-state index contributed by atoms with van der Waals surface area (Å²) in [7, 11) is 1.55. The van der Waals surface area contributed by atoms with Gasteiger partial charge in [-0.15, -0.1) is 0 Å². The Morgan fingerprint density at radius 3 is 2.55 bits per heavy atom. The minimum Gasteiger partial charge on any atom is -0.492 e. The number of rotatable bonds is 5. The van der Waals surface area contributed by atoms with E-state index in [0.29, 0.717) is 42.6 Å². The Labute approximate surface area is 167 Å². The van der Waals surface area contributed by atoms with Crippen molar-refractivity contribution in [3.63, 3.8) is 0 Å². The molecule has 1 aliphatic heterocycles. The molecule has 2 aliphatic rings. The molecule has 7 nitrogen and oxygen atoms in total. The molecule has 1 saturated carbocycles. The number of anilines is 1. The topological polar surface area (TPSA) is 97.8 Å². The third-order valence-electron chi connectivity index (χ3n) is 5.77. The molecule has 29 heavy (non-hydrogen) atoms. The molecule has 0 spiro atoms. The first-order chi connectivity index (χ1) is 14.0. The summed E-state index contributed by atoms with van der Waals surface area (Å²) in [5, 5.41) is 9.77. The van der Waals surface area contributed by atoms with Gasteiger partial charge in [-0.05, 0) is 43.4 Å². The van der Waals surface area contributed by atoms with Crippen LogP contribution in [0.3, 0.4) is 0 Å². The molecule has 0 amide bonds. The standard InChI is InChI=1S/C21H24FN3O4/c1-29-20-17(24-8-6-12(7-9-24)16(22)10-23)5-4-14-18(20)25(13-2-3-13)11-15(19(14)26)21(27)28/h4-5,11,13H,2-3,6-10,23H2,1H3,(H,27,28). The first-order valence-corrected chi connectivity index (χ1v) is 9.76. The van der Waals surface area contributed by atoms with Crippen LogP contribution in [-0.2, 0) is 0 Å². The van der Waals surface area contributed by atoms with Crippen molar-refractivity contribution >= 4 is 22.6 Å². The van der Waals surface area contributed by atoms with Crippen LogP contribution in [-0.4, -0.2) is 42.4 Å². The summed E-state index contributed by atoms with van der Waals surface area (Å²) in [5.74, 6) is -0.916. The number of ether oxygens (including phenoxy) is 1. The Morgan fingerprint density at radius 2 is 2.00 bits per heavy atom. The molecule has 2 fully saturated rings. The molecule has 0 atom stereocenters. The van der Waals surface area contributed by atoms with Gasteiger partial charge in [0.2, 0.25) is 5.43 Å². The first-order valence-electron chi connectivity index (χ1n) is 9.76. The van der Waals surface area contributed by atoms with Gasteiger partial charge in [-0.3, -0.25) is 4.79 Å². The van der Waals surface area contributed by atoms with Crippen LogP contribution in [0.2, 0.25) is 0 Å². The zero-order valence-corrected chi connectivity index (χ0v) is 16.3. The van der Waals surface area contributed by atoms with E-state index >= 15 is 0 Å². The number of aromatic carboxylic acids is 1. The third kappa shape index (κ3) is 3.37. The van der Waals surface area contributed by atoms with Crippen molar-refractivity contribution in [2.45, 2.75) is 31.7 Å². The van der Waals surface area contributed by atoms with E-state index in [4.69, 9.17) is 10.5 Å². The van der Waals surface area contributed by atoms with Crippen molar-refractivity contribution in [2.75, 3.05) is 31.6 Å². The largest absolute Gasteiger partial charge is 0.492 e. The maximum Gasteiger partial charge on any atom is 0.341 e. The fourth-order valence-electron chi connectivity index (χ4n) is 4.08. The normalized spacial score (nSPS) is 16.9. The number of aromatic nitrogens is 1. The van der Waals surface area contributed by atoms with E-state index in [-0.39, 0.29) is 24.0 Å². The van der Waals surface area contributed by atoms with Crippen LogP contribution >= 0.6 is 0 Å². The average Bonchev–Trinajstić information content (AvgIpc) is 3.57. The summed E-state index contributed by atoms with van der Waals surface area (Å²) in [6.45, 7) is 1.16. The number of carboxylic acid groups (broad SMARTS) is 1. The molecule has 1 aromatic carbocycles. The number of piperidine rings is 1. The van der Waals surface area contributed by atoms with Crippen LogP contribution in [0.25, 0.3) is 10.9 Å². The van der Waals surface area contributed by atoms with Crippen molar-refractivity contribution in [2.24, 2.45) is 5.73 Å². The van der Waals surface area contributed by atoms with Gasteiger partial charge in [-0.2, -0.15) is 0 Å². The van der Waals surface area contributed by atoms with Crippen LogP contribution in [0.15, 0.2) is 34.5 Å². The molecule has 1 aliphatic carbocycles. The maximum atomic E-state index is 13.8. The monoisotopic (exact) mass is 401 g/mol. The molecular formula is C21H24FN3O4. The molecule has 1 saturated heterocycles. The van der Waals surface area contributed by atoms with Gasteiger partial charge in [0.25, 0.3) is 0 Å². The lowest BCUT2D eigenvalue weighted by atomic mass is 10.0. The van der Waals surface area contributed by atoms with E-state index in [2.05, 4.69) is 4.90 Å². The van der Waals surface area contributed by atoms with Crippen molar-refractivity contribution in [1.29, 1.82) is 0 Å². The van der Waals surface area contributed by atoms with Crippen LogP contribution in [0.4, 0.5) is 10.1 Å². The van der Waals surface area contributed by atoms with Gasteiger partial charge in [0.1, 0.15) is 11.4 Å². The zero-order valence-electron chi connectivity index (χ0n) is 16.3. The number of nitrogens with two attached hydrogens (primary N) is 1. The number of fused-ring (bicyclic) bond motifs is 1. The summed E-state index contributed by atoms with van der Waals surface area (Å²) in [6, 6.07) is 3.63. The predicted octanol–water partition coefficient (Wildman–Crippen LogP) is 2.83. The second kappa shape index (κ2) is 7.51. The minimum atomic E-state index is -1.23. The van der Waals surface area contributed by atoms with Gasteiger partial charge in [-0.25, -0.2) is 9.18 Å². The number of pyridine rings is 1. The van der Waals surface area contributed by atoms with E-state index in [1.165, 1.54) is 6.20 Å². The fraction of sp³-hybridized carbons (Fsp3) is 0.429. The number of benzene rings is 1. The molecule has 3 N–H and O–H groups in total. The number of carbonyl (C=O) groups is 1. The van der Waals surface area contributed by atoms with Gasteiger partial charge >= 0.3 is 5.97 Å². The molecule has 8 heteroatoms. The molecule has 2 heterocycles. The Kier molecular flexibility index (Phi) is 5.04. The molecule has 1 aromatic heterocycles. The first kappa shape index (κ1) is 19.4. The molecule has 154 valence electrons. The Hall–Kier alpha value is -2.87. The lowest BCUT2D eigenvalue weighted by Crippen LogP contribution is -2.31. The van der Waals surface area contributed by atoms with Crippen molar-refractivity contribution in [3.8, 4) is 5.75 Å². The number of nitrogens with zero attached hydrogens (tertiary/aromatic N) is 2. The Bertz CT molecular complexity index is 1060. The summed E-state index contributed by atoms with van der Waals surface area (Å²) >= 11 is 0. The zero-order chi connectivity index (χ0) is 20.7. The molecular weight excluding hydrogens is 377 g/mol. The van der Waals surface area contributed by atoms with Gasteiger partial charge in [0.15, 0.2) is 5.75 Å². The highest BCUT2D eigenvalue weighted by Gasteiger charge is 2.30. The van der Waals surface area contributed by atoms with E-state index < -0.39 is 11.4 Å². The van der Waals surface area contributed by atoms with Gasteiger partial charge < -0.3 is 25.0 Å². The second-order valence-corrected chi connectivity index (χ2v) is 7.53. The molecule has 0 unspecified atom stereocenters. The van der Waals surface area contributed by atoms with Crippen LogP contribution < -0.4 is 20.8 Å². The van der Waals surface area contributed by atoms with Crippen LogP contribution in [0.1, 0.15) is 42.1 Å². The van der Waals surface area contributed by atoms with Crippen molar-refractivity contribution in [3.05, 3.63) is 45.5 Å². The maximum absolute atomic E-state index is 13.8. The number of hydrogen-bond acceptors (Lipinski definition) is 5. The van der Waals surface area contributed by atoms with Gasteiger partial charge in [0.05, 0.1) is 23.7 Å². The highest BCUT2D eigenvalue weighted by Crippen LogP contribution is 2.43. The Balaban J connectivity index is 1.84. The van der Waals surface area contributed by atoms with Crippen molar-refractivity contribution < 1.29 is 19.0 Å². The van der Waals surface area contributed by atoms with E-state index in [1.807, 2.05) is 4.57 Å². The molecule has 0 radical (unpaired) electrons. The molecule has 4 rings (SSSR count). The predicted molar refractivity (Wildman–Crippen MR) is 109 cm³/mol. The van der Waals surface area contributed by atoms with E-state index in [1.54, 1.807) is 19.2 Å². The number of methoxy groups -OCH3 is 1. The second-order valence-electron chi connectivity index (χ2n) is 7.53. The number of halogens is 1. The average molecular weight is 401 g/mol. The molecule has 0 bridgehead atoms. The van der Waals surface area contributed by atoms with Crippen LogP contribution in [0, 0.1) is 0 Å². The Morgan fingerprint density at radius 1 is 1.31 bits per heavy atom. The number of carboxylic acids is 1. The highest BCUT2D eigenvalue weighted by atomic mass is 19.1. The number of hydrogen-bond donors (Lipinski definition) is 2.